The van der Waals surface area contributed by atoms with Crippen molar-refractivity contribution in [2.24, 2.45) is 0 Å². The Morgan fingerprint density at radius 2 is 1.91 bits per heavy atom. The van der Waals surface area contributed by atoms with Gasteiger partial charge in [-0.2, -0.15) is 0 Å². The van der Waals surface area contributed by atoms with Gasteiger partial charge < -0.3 is 15.2 Å². The van der Waals surface area contributed by atoms with Crippen molar-refractivity contribution in [2.45, 2.75) is 63.6 Å². The molecule has 5 heterocycles. The van der Waals surface area contributed by atoms with Gasteiger partial charge in [-0.05, 0) is 87.2 Å². The molecule has 4 amide bonds. The molecule has 2 fully saturated rings. The number of hydrogen-bond acceptors (Lipinski definition) is 6. The summed E-state index contributed by atoms with van der Waals surface area (Å²) < 4.78 is 0. The first-order valence-corrected chi connectivity index (χ1v) is 16.2. The van der Waals surface area contributed by atoms with Crippen LogP contribution in [0, 0.1) is 11.8 Å². The summed E-state index contributed by atoms with van der Waals surface area (Å²) in [5, 5.41) is 6.29. The van der Waals surface area contributed by atoms with Gasteiger partial charge in [-0.1, -0.05) is 30.0 Å². The summed E-state index contributed by atoms with van der Waals surface area (Å²) in [4.78, 5) is 61.8. The number of anilines is 1. The maximum Gasteiger partial charge on any atom is 0.256 e. The molecular weight excluding hydrogens is 592 g/mol. The lowest BCUT2D eigenvalue weighted by molar-refractivity contribution is -0.136. The van der Waals surface area contributed by atoms with Crippen LogP contribution in [-0.4, -0.2) is 63.0 Å². The van der Waals surface area contributed by atoms with E-state index in [2.05, 4.69) is 50.5 Å². The van der Waals surface area contributed by atoms with Gasteiger partial charge in [0.15, 0.2) is 0 Å². The Labute approximate surface area is 272 Å². The molecule has 10 heteroatoms. The van der Waals surface area contributed by atoms with Crippen molar-refractivity contribution >= 4 is 40.3 Å². The molecule has 3 N–H and O–H groups in total. The normalized spacial score (nSPS) is 19.4. The van der Waals surface area contributed by atoms with Crippen molar-refractivity contribution in [3.05, 3.63) is 94.3 Å². The molecule has 0 bridgehead atoms. The van der Waals surface area contributed by atoms with E-state index in [1.807, 2.05) is 42.5 Å². The summed E-state index contributed by atoms with van der Waals surface area (Å²) in [7, 11) is 2.15. The van der Waals surface area contributed by atoms with E-state index in [-0.39, 0.29) is 24.1 Å². The Kier molecular flexibility index (Phi) is 8.31. The summed E-state index contributed by atoms with van der Waals surface area (Å²) >= 11 is 0. The Morgan fingerprint density at radius 1 is 1.06 bits per heavy atom. The molecule has 0 spiro atoms. The van der Waals surface area contributed by atoms with Crippen molar-refractivity contribution in [1.82, 2.24) is 25.1 Å². The van der Waals surface area contributed by atoms with Gasteiger partial charge in [-0.3, -0.25) is 29.4 Å². The van der Waals surface area contributed by atoms with Crippen molar-refractivity contribution in [1.29, 1.82) is 0 Å². The minimum absolute atomic E-state index is 0.200. The number of benzene rings is 2. The largest absolute Gasteiger partial charge is 0.357 e. The molecule has 47 heavy (non-hydrogen) atoms. The minimum atomic E-state index is -0.645. The quantitative estimate of drug-likeness (QED) is 0.155. The molecule has 2 atom stereocenters. The van der Waals surface area contributed by atoms with E-state index >= 15 is 0 Å². The Hall–Kier alpha value is -5.27. The number of pyridine rings is 1. The zero-order chi connectivity index (χ0) is 32.5. The molecule has 238 valence electrons. The first-order chi connectivity index (χ1) is 22.8. The Morgan fingerprint density at radius 3 is 2.70 bits per heavy atom. The third-order valence-electron chi connectivity index (χ3n) is 9.43. The molecule has 2 aromatic heterocycles. The van der Waals surface area contributed by atoms with E-state index < -0.39 is 11.9 Å². The lowest BCUT2D eigenvalue weighted by Crippen LogP contribution is -2.52. The predicted molar refractivity (Wildman–Crippen MR) is 177 cm³/mol. The lowest BCUT2D eigenvalue weighted by Gasteiger charge is -2.29. The fourth-order valence-corrected chi connectivity index (χ4v) is 6.85. The van der Waals surface area contributed by atoms with Crippen LogP contribution in [0.2, 0.25) is 0 Å². The van der Waals surface area contributed by atoms with Crippen LogP contribution in [0.25, 0.3) is 10.9 Å². The summed E-state index contributed by atoms with van der Waals surface area (Å²) in [6.07, 6.45) is 7.01. The average Bonchev–Trinajstić information content (AvgIpc) is 3.78. The van der Waals surface area contributed by atoms with Crippen molar-refractivity contribution in [2.75, 3.05) is 18.9 Å². The van der Waals surface area contributed by atoms with Crippen LogP contribution in [0.4, 0.5) is 5.82 Å². The van der Waals surface area contributed by atoms with Crippen LogP contribution < -0.4 is 10.6 Å². The number of amides is 4. The van der Waals surface area contributed by atoms with Gasteiger partial charge in [0.1, 0.15) is 11.9 Å². The summed E-state index contributed by atoms with van der Waals surface area (Å²) in [6.45, 7) is 1.41. The Bertz CT molecular complexity index is 1950. The molecule has 2 aromatic carbocycles. The van der Waals surface area contributed by atoms with Crippen molar-refractivity contribution in [3.63, 3.8) is 0 Å². The predicted octanol–water partition coefficient (Wildman–Crippen LogP) is 4.72. The third kappa shape index (κ3) is 6.27. The molecular formula is C37H36N6O4. The number of unbranched alkanes of at least 4 members (excludes halogenated alkanes) is 1. The van der Waals surface area contributed by atoms with Crippen LogP contribution in [0.3, 0.4) is 0 Å². The molecule has 0 unspecified atom stereocenters. The maximum atomic E-state index is 13.0. The van der Waals surface area contributed by atoms with E-state index in [4.69, 9.17) is 0 Å². The fourth-order valence-electron chi connectivity index (χ4n) is 6.85. The molecule has 0 saturated carbocycles. The number of rotatable bonds is 7. The number of carbonyl (C=O) groups excluding carboxylic acids is 4. The Balaban J connectivity index is 0.917. The molecule has 0 radical (unpaired) electrons. The topological polar surface area (TPSA) is 128 Å². The minimum Gasteiger partial charge on any atom is -0.357 e. The van der Waals surface area contributed by atoms with Crippen LogP contribution in [-0.2, 0) is 22.6 Å². The number of H-pyrrole nitrogens is 1. The SMILES string of the molecule is CN1CCC[C@@H]1c1cc2cnc(NC(=O)c3ccc(CCCC#Cc4cccc5c4CN([C@@H]4CCC(=O)NC4=O)C5=O)cc3)cc2[nH]1. The molecule has 10 nitrogen and oxygen atoms in total. The molecule has 3 aliphatic heterocycles. The van der Waals surface area contributed by atoms with Gasteiger partial charge in [0.2, 0.25) is 11.8 Å². The van der Waals surface area contributed by atoms with Gasteiger partial charge in [0.25, 0.3) is 11.8 Å². The second-order valence-corrected chi connectivity index (χ2v) is 12.6. The van der Waals surface area contributed by atoms with Gasteiger partial charge in [-0.25, -0.2) is 4.98 Å². The second kappa shape index (κ2) is 12.9. The first-order valence-electron chi connectivity index (χ1n) is 16.2. The number of imide groups is 1. The number of aromatic amines is 1. The van der Waals surface area contributed by atoms with Crippen molar-refractivity contribution in [3.8, 4) is 11.8 Å². The second-order valence-electron chi connectivity index (χ2n) is 12.6. The number of aryl methyl sites for hydroxylation is 1. The number of likely N-dealkylation sites (tertiary alicyclic amines) is 1. The molecule has 3 aliphatic rings. The number of fused-ring (bicyclic) bond motifs is 2. The highest BCUT2D eigenvalue weighted by atomic mass is 16.2. The number of carbonyl (C=O) groups is 4. The molecule has 0 aliphatic carbocycles. The standard InChI is InChI=1S/C37H36N6O4/c1-42-18-6-11-31(42)30-19-26-21-38-33(20-29(26)39-30)40-35(45)25-14-12-23(13-15-25)7-3-2-4-8-24-9-5-10-27-28(24)22-43(37(27)47)32-16-17-34(44)41-36(32)46/h5,9-10,12-15,19-21,31-32,39H,2-3,6-7,11,16-18,22H2,1H3,(H,38,40,45)(H,41,44,46)/t31-,32-/m1/s1. The summed E-state index contributed by atoms with van der Waals surface area (Å²) in [6, 6.07) is 16.8. The summed E-state index contributed by atoms with van der Waals surface area (Å²) in [5.74, 6) is 5.84. The highest BCUT2D eigenvalue weighted by Crippen LogP contribution is 2.32. The molecule has 7 rings (SSSR count). The zero-order valence-corrected chi connectivity index (χ0v) is 26.3. The number of aromatic nitrogens is 2. The van der Waals surface area contributed by atoms with Gasteiger partial charge in [0, 0.05) is 65.5 Å². The zero-order valence-electron chi connectivity index (χ0n) is 26.3. The number of nitrogens with one attached hydrogen (secondary N) is 3. The molecule has 2 saturated heterocycles. The lowest BCUT2D eigenvalue weighted by atomic mass is 10.0. The number of nitrogens with zero attached hydrogens (tertiary/aromatic N) is 3. The van der Waals surface area contributed by atoms with Gasteiger partial charge in [-0.15, -0.1) is 0 Å². The maximum absolute atomic E-state index is 13.0. The van der Waals surface area contributed by atoms with Gasteiger partial charge in [0.05, 0.1) is 5.52 Å². The third-order valence-corrected chi connectivity index (χ3v) is 9.43. The van der Waals surface area contributed by atoms with Crippen LogP contribution in [0.15, 0.2) is 60.8 Å². The van der Waals surface area contributed by atoms with Crippen LogP contribution in [0.5, 0.6) is 0 Å². The van der Waals surface area contributed by atoms with E-state index in [9.17, 15) is 19.2 Å². The summed E-state index contributed by atoms with van der Waals surface area (Å²) in [5.41, 5.74) is 6.00. The number of hydrogen-bond donors (Lipinski definition) is 3. The van der Waals surface area contributed by atoms with Crippen LogP contribution in [0.1, 0.15) is 87.7 Å². The van der Waals surface area contributed by atoms with E-state index in [1.54, 1.807) is 17.2 Å². The van der Waals surface area contributed by atoms with E-state index in [0.29, 0.717) is 42.4 Å². The van der Waals surface area contributed by atoms with E-state index in [0.717, 1.165) is 53.4 Å². The van der Waals surface area contributed by atoms with E-state index in [1.165, 1.54) is 12.1 Å². The smallest absolute Gasteiger partial charge is 0.256 e. The fraction of sp³-hybridized carbons (Fsp3) is 0.324. The first kappa shape index (κ1) is 30.4. The monoisotopic (exact) mass is 628 g/mol. The van der Waals surface area contributed by atoms with Crippen LogP contribution >= 0.6 is 0 Å². The van der Waals surface area contributed by atoms with Gasteiger partial charge >= 0.3 is 0 Å². The molecule has 4 aromatic rings. The van der Waals surface area contributed by atoms with Crippen molar-refractivity contribution < 1.29 is 19.2 Å². The highest BCUT2D eigenvalue weighted by molar-refractivity contribution is 6.06. The average molecular weight is 629 g/mol. The highest BCUT2D eigenvalue weighted by Gasteiger charge is 2.39. The number of piperidine rings is 1.